The van der Waals surface area contributed by atoms with Gasteiger partial charge in [-0.05, 0) is 37.1 Å². The molecule has 0 saturated heterocycles. The third-order valence-corrected chi connectivity index (χ3v) is 2.57. The molecule has 5 nitrogen and oxygen atoms in total. The monoisotopic (exact) mass is 229 g/mol. The summed E-state index contributed by atoms with van der Waals surface area (Å²) in [6.45, 7) is 0. The first-order chi connectivity index (χ1) is 8.33. The number of nitrogens with zero attached hydrogens (tertiary/aromatic N) is 2. The fourth-order valence-electron chi connectivity index (χ4n) is 1.51. The number of ketones is 1. The average Bonchev–Trinajstić information content (AvgIpc) is 3.00. The molecule has 0 amide bonds. The van der Waals surface area contributed by atoms with Crippen LogP contribution in [-0.4, -0.2) is 27.1 Å². The highest BCUT2D eigenvalue weighted by atomic mass is 16.5. The summed E-state index contributed by atoms with van der Waals surface area (Å²) in [5, 5.41) is 6.20. The van der Waals surface area contributed by atoms with E-state index in [-0.39, 0.29) is 11.6 Å². The van der Waals surface area contributed by atoms with Crippen LogP contribution in [0.4, 0.5) is 0 Å². The first kappa shape index (κ1) is 10.0. The van der Waals surface area contributed by atoms with Crippen LogP contribution in [-0.2, 0) is 0 Å². The quantitative estimate of drug-likeness (QED) is 0.808. The number of aromatic amines is 1. The first-order valence-corrected chi connectivity index (χ1v) is 5.50. The summed E-state index contributed by atoms with van der Waals surface area (Å²) < 4.78 is 5.60. The Balaban J connectivity index is 1.77. The molecule has 2 aromatic rings. The lowest BCUT2D eigenvalue weighted by Gasteiger charge is -2.04. The SMILES string of the molecule is O=C(c1ccc(OC2CC2)cc1)c1ncn[nH]1. The molecule has 1 aliphatic rings. The van der Waals surface area contributed by atoms with Crippen LogP contribution >= 0.6 is 0 Å². The molecule has 0 bridgehead atoms. The van der Waals surface area contributed by atoms with Crippen LogP contribution in [0.2, 0.25) is 0 Å². The normalized spacial score (nSPS) is 14.6. The van der Waals surface area contributed by atoms with Gasteiger partial charge in [0.2, 0.25) is 5.78 Å². The molecule has 0 radical (unpaired) electrons. The minimum atomic E-state index is -0.166. The highest BCUT2D eigenvalue weighted by molar-refractivity contribution is 6.06. The summed E-state index contributed by atoms with van der Waals surface area (Å²) in [6, 6.07) is 7.09. The van der Waals surface area contributed by atoms with Crippen LogP contribution in [0.25, 0.3) is 0 Å². The maximum atomic E-state index is 11.9. The van der Waals surface area contributed by atoms with Gasteiger partial charge in [0.25, 0.3) is 0 Å². The second-order valence-electron chi connectivity index (χ2n) is 4.00. The molecule has 1 heterocycles. The number of hydrogen-bond acceptors (Lipinski definition) is 4. The number of H-pyrrole nitrogens is 1. The molecule has 1 aliphatic carbocycles. The van der Waals surface area contributed by atoms with Gasteiger partial charge >= 0.3 is 0 Å². The second kappa shape index (κ2) is 4.01. The van der Waals surface area contributed by atoms with E-state index in [4.69, 9.17) is 4.74 Å². The molecule has 5 heteroatoms. The van der Waals surface area contributed by atoms with Crippen molar-refractivity contribution in [2.24, 2.45) is 0 Å². The number of aromatic nitrogens is 3. The van der Waals surface area contributed by atoms with E-state index in [2.05, 4.69) is 15.2 Å². The molecule has 86 valence electrons. The number of carbonyl (C=O) groups is 1. The van der Waals surface area contributed by atoms with Crippen molar-refractivity contribution in [3.8, 4) is 5.75 Å². The Kier molecular flexibility index (Phi) is 2.36. The van der Waals surface area contributed by atoms with Crippen molar-refractivity contribution in [1.82, 2.24) is 15.2 Å². The van der Waals surface area contributed by atoms with E-state index >= 15 is 0 Å². The third-order valence-electron chi connectivity index (χ3n) is 2.57. The summed E-state index contributed by atoms with van der Waals surface area (Å²) >= 11 is 0. The van der Waals surface area contributed by atoms with Crippen molar-refractivity contribution in [2.75, 3.05) is 0 Å². The van der Waals surface area contributed by atoms with E-state index in [1.54, 1.807) is 12.1 Å². The molecule has 0 aliphatic heterocycles. The van der Waals surface area contributed by atoms with Crippen molar-refractivity contribution in [3.05, 3.63) is 42.0 Å². The number of rotatable bonds is 4. The van der Waals surface area contributed by atoms with Crippen LogP contribution < -0.4 is 4.74 Å². The van der Waals surface area contributed by atoms with Gasteiger partial charge in [-0.1, -0.05) is 0 Å². The summed E-state index contributed by atoms with van der Waals surface area (Å²) in [7, 11) is 0. The Labute approximate surface area is 97.8 Å². The minimum Gasteiger partial charge on any atom is -0.490 e. The molecule has 0 unspecified atom stereocenters. The Morgan fingerprint density at radius 1 is 1.29 bits per heavy atom. The van der Waals surface area contributed by atoms with E-state index in [0.717, 1.165) is 18.6 Å². The minimum absolute atomic E-state index is 0.166. The second-order valence-corrected chi connectivity index (χ2v) is 4.00. The van der Waals surface area contributed by atoms with Gasteiger partial charge in [-0.3, -0.25) is 9.89 Å². The first-order valence-electron chi connectivity index (χ1n) is 5.50. The number of ether oxygens (including phenoxy) is 1. The van der Waals surface area contributed by atoms with Crippen LogP contribution in [0.15, 0.2) is 30.6 Å². The van der Waals surface area contributed by atoms with Gasteiger partial charge in [-0.15, -0.1) is 0 Å². The lowest BCUT2D eigenvalue weighted by atomic mass is 10.1. The maximum Gasteiger partial charge on any atom is 0.229 e. The molecule has 17 heavy (non-hydrogen) atoms. The Morgan fingerprint density at radius 3 is 2.65 bits per heavy atom. The highest BCUT2D eigenvalue weighted by Gasteiger charge is 2.23. The molecular formula is C12H11N3O2. The van der Waals surface area contributed by atoms with E-state index in [9.17, 15) is 4.79 Å². The Hall–Kier alpha value is -2.17. The molecule has 3 rings (SSSR count). The lowest BCUT2D eigenvalue weighted by Crippen LogP contribution is -2.04. The number of benzene rings is 1. The Morgan fingerprint density at radius 2 is 2.06 bits per heavy atom. The van der Waals surface area contributed by atoms with Gasteiger partial charge in [0.1, 0.15) is 12.1 Å². The van der Waals surface area contributed by atoms with Crippen molar-refractivity contribution in [2.45, 2.75) is 18.9 Å². The predicted octanol–water partition coefficient (Wildman–Crippen LogP) is 1.58. The topological polar surface area (TPSA) is 67.9 Å². The molecule has 1 fully saturated rings. The standard InChI is InChI=1S/C12H11N3O2/c16-11(12-13-7-14-15-12)8-1-3-9(4-2-8)17-10-5-6-10/h1-4,7,10H,5-6H2,(H,13,14,15). The van der Waals surface area contributed by atoms with Crippen molar-refractivity contribution in [3.63, 3.8) is 0 Å². The van der Waals surface area contributed by atoms with Gasteiger partial charge in [0.05, 0.1) is 6.10 Å². The molecular weight excluding hydrogens is 218 g/mol. The molecule has 1 saturated carbocycles. The van der Waals surface area contributed by atoms with E-state index in [1.165, 1.54) is 6.33 Å². The van der Waals surface area contributed by atoms with E-state index in [0.29, 0.717) is 11.7 Å². The van der Waals surface area contributed by atoms with Gasteiger partial charge in [0, 0.05) is 5.56 Å². The molecule has 0 spiro atoms. The summed E-state index contributed by atoms with van der Waals surface area (Å²) in [5.41, 5.74) is 0.574. The number of carbonyl (C=O) groups excluding carboxylic acids is 1. The zero-order valence-electron chi connectivity index (χ0n) is 9.09. The molecule has 0 atom stereocenters. The molecule has 1 aromatic carbocycles. The third kappa shape index (κ3) is 2.18. The summed E-state index contributed by atoms with van der Waals surface area (Å²) in [5.74, 6) is 0.892. The van der Waals surface area contributed by atoms with Crippen molar-refractivity contribution >= 4 is 5.78 Å². The van der Waals surface area contributed by atoms with Crippen LogP contribution in [0.3, 0.4) is 0 Å². The van der Waals surface area contributed by atoms with Gasteiger partial charge < -0.3 is 4.74 Å². The maximum absolute atomic E-state index is 11.9. The van der Waals surface area contributed by atoms with Gasteiger partial charge in [-0.2, -0.15) is 5.10 Å². The fourth-order valence-corrected chi connectivity index (χ4v) is 1.51. The number of hydrogen-bond donors (Lipinski definition) is 1. The van der Waals surface area contributed by atoms with E-state index < -0.39 is 0 Å². The largest absolute Gasteiger partial charge is 0.490 e. The smallest absolute Gasteiger partial charge is 0.229 e. The van der Waals surface area contributed by atoms with Crippen LogP contribution in [0, 0.1) is 0 Å². The van der Waals surface area contributed by atoms with Crippen LogP contribution in [0.1, 0.15) is 29.0 Å². The fraction of sp³-hybridized carbons (Fsp3) is 0.250. The predicted molar refractivity (Wildman–Crippen MR) is 59.9 cm³/mol. The zero-order valence-corrected chi connectivity index (χ0v) is 9.09. The molecule has 1 aromatic heterocycles. The zero-order chi connectivity index (χ0) is 11.7. The average molecular weight is 229 g/mol. The van der Waals surface area contributed by atoms with Gasteiger partial charge in [0.15, 0.2) is 5.82 Å². The van der Waals surface area contributed by atoms with Gasteiger partial charge in [-0.25, -0.2) is 4.98 Å². The van der Waals surface area contributed by atoms with Crippen LogP contribution in [0.5, 0.6) is 5.75 Å². The summed E-state index contributed by atoms with van der Waals surface area (Å²) in [4.78, 5) is 15.7. The lowest BCUT2D eigenvalue weighted by molar-refractivity contribution is 0.103. The van der Waals surface area contributed by atoms with Crippen molar-refractivity contribution in [1.29, 1.82) is 0 Å². The van der Waals surface area contributed by atoms with Crippen molar-refractivity contribution < 1.29 is 9.53 Å². The molecule has 1 N–H and O–H groups in total. The summed E-state index contributed by atoms with van der Waals surface area (Å²) in [6.07, 6.45) is 3.93. The van der Waals surface area contributed by atoms with E-state index in [1.807, 2.05) is 12.1 Å². The Bertz CT molecular complexity index is 515. The highest BCUT2D eigenvalue weighted by Crippen LogP contribution is 2.26. The number of nitrogens with one attached hydrogen (secondary N) is 1.